The highest BCUT2D eigenvalue weighted by molar-refractivity contribution is 6.42. The summed E-state index contributed by atoms with van der Waals surface area (Å²) in [6.07, 6.45) is 2.58. The first kappa shape index (κ1) is 22.7. The molecule has 3 amide bonds. The Morgan fingerprint density at radius 3 is 2.63 bits per heavy atom. The van der Waals surface area contributed by atoms with Gasteiger partial charge in [-0.2, -0.15) is 5.10 Å². The normalized spacial score (nSPS) is 17.4. The molecule has 30 heavy (non-hydrogen) atoms. The van der Waals surface area contributed by atoms with E-state index in [0.717, 1.165) is 25.2 Å². The molecule has 1 N–H and O–H groups in total. The summed E-state index contributed by atoms with van der Waals surface area (Å²) in [4.78, 5) is 28.7. The van der Waals surface area contributed by atoms with E-state index in [1.165, 1.54) is 0 Å². The average Bonchev–Trinajstić information content (AvgIpc) is 3.12. The van der Waals surface area contributed by atoms with Crippen LogP contribution in [0.5, 0.6) is 0 Å². The van der Waals surface area contributed by atoms with Crippen LogP contribution in [0, 0.1) is 0 Å². The van der Waals surface area contributed by atoms with Gasteiger partial charge in [0.1, 0.15) is 5.84 Å². The number of hydrogen-bond acceptors (Lipinski definition) is 4. The van der Waals surface area contributed by atoms with E-state index in [-0.39, 0.29) is 17.5 Å². The maximum atomic E-state index is 12.7. The summed E-state index contributed by atoms with van der Waals surface area (Å²) in [6.45, 7) is 8.92. The molecule has 0 aromatic heterocycles. The molecule has 2 aliphatic heterocycles. The molecular formula is C21H29Cl2N5O2. The molecule has 164 valence electrons. The number of nitrogens with zero attached hydrogens (tertiary/aromatic N) is 4. The number of amidine groups is 1. The van der Waals surface area contributed by atoms with Crippen LogP contribution in [0.15, 0.2) is 23.3 Å². The van der Waals surface area contributed by atoms with Crippen molar-refractivity contribution in [1.29, 1.82) is 0 Å². The molecular weight excluding hydrogens is 425 g/mol. The summed E-state index contributed by atoms with van der Waals surface area (Å²) >= 11 is 12.0. The number of nitrogens with one attached hydrogen (secondary N) is 1. The number of hydrazone groups is 1. The highest BCUT2D eigenvalue weighted by atomic mass is 35.5. The number of hydrogen-bond donors (Lipinski definition) is 1. The molecule has 0 saturated carbocycles. The zero-order valence-corrected chi connectivity index (χ0v) is 19.3. The highest BCUT2D eigenvalue weighted by Gasteiger charge is 2.32. The first-order valence-corrected chi connectivity index (χ1v) is 11.1. The number of benzene rings is 1. The van der Waals surface area contributed by atoms with Gasteiger partial charge in [0.05, 0.1) is 15.7 Å². The molecule has 1 aromatic carbocycles. The molecule has 0 radical (unpaired) electrons. The van der Waals surface area contributed by atoms with Crippen LogP contribution in [-0.2, 0) is 4.79 Å². The lowest BCUT2D eigenvalue weighted by Gasteiger charge is -2.43. The third kappa shape index (κ3) is 5.58. The fourth-order valence-corrected chi connectivity index (χ4v) is 3.94. The molecule has 9 heteroatoms. The minimum atomic E-state index is -0.187. The van der Waals surface area contributed by atoms with Crippen molar-refractivity contribution in [1.82, 2.24) is 15.1 Å². The lowest BCUT2D eigenvalue weighted by molar-refractivity contribution is -0.119. The first-order chi connectivity index (χ1) is 14.1. The van der Waals surface area contributed by atoms with Crippen LogP contribution >= 0.6 is 23.2 Å². The fraction of sp³-hybridized carbons (Fsp3) is 0.571. The van der Waals surface area contributed by atoms with Crippen molar-refractivity contribution in [2.75, 3.05) is 31.2 Å². The second-order valence-corrected chi connectivity index (χ2v) is 9.43. The molecule has 1 fully saturated rings. The van der Waals surface area contributed by atoms with Gasteiger partial charge in [0.15, 0.2) is 0 Å². The predicted octanol–water partition coefficient (Wildman–Crippen LogP) is 4.34. The van der Waals surface area contributed by atoms with Gasteiger partial charge < -0.3 is 15.1 Å². The quantitative estimate of drug-likeness (QED) is 0.720. The molecule has 3 rings (SSSR count). The number of carbonyl (C=O) groups is 2. The molecule has 0 bridgehead atoms. The monoisotopic (exact) mass is 453 g/mol. The van der Waals surface area contributed by atoms with Crippen molar-refractivity contribution < 1.29 is 9.59 Å². The molecule has 2 heterocycles. The highest BCUT2D eigenvalue weighted by Crippen LogP contribution is 2.28. The Hall–Kier alpha value is -1.99. The van der Waals surface area contributed by atoms with Gasteiger partial charge in [0.2, 0.25) is 5.91 Å². The zero-order valence-electron chi connectivity index (χ0n) is 17.8. The SMILES string of the molecule is CC(C)(C)N1CCCN(CCCC(=O)NC2=NN(c3ccc(Cl)c(Cl)c3)CC2)C1=O. The van der Waals surface area contributed by atoms with E-state index >= 15 is 0 Å². The first-order valence-electron chi connectivity index (χ1n) is 10.3. The van der Waals surface area contributed by atoms with Gasteiger partial charge in [-0.05, 0) is 51.8 Å². The molecule has 1 saturated heterocycles. The molecule has 0 unspecified atom stereocenters. The van der Waals surface area contributed by atoms with E-state index < -0.39 is 0 Å². The van der Waals surface area contributed by atoms with Crippen molar-refractivity contribution in [3.8, 4) is 0 Å². The number of anilines is 1. The number of halogens is 2. The van der Waals surface area contributed by atoms with E-state index in [2.05, 4.69) is 10.4 Å². The Balaban J connectivity index is 1.46. The topological polar surface area (TPSA) is 68.2 Å². The summed E-state index contributed by atoms with van der Waals surface area (Å²) in [7, 11) is 0. The second-order valence-electron chi connectivity index (χ2n) is 8.62. The van der Waals surface area contributed by atoms with Crippen LogP contribution in [-0.4, -0.2) is 59.3 Å². The van der Waals surface area contributed by atoms with Gasteiger partial charge in [-0.15, -0.1) is 0 Å². The van der Waals surface area contributed by atoms with Crippen LogP contribution in [0.25, 0.3) is 0 Å². The maximum Gasteiger partial charge on any atom is 0.320 e. The maximum absolute atomic E-state index is 12.7. The summed E-state index contributed by atoms with van der Waals surface area (Å²) < 4.78 is 0. The molecule has 7 nitrogen and oxygen atoms in total. The Labute approximate surface area is 188 Å². The van der Waals surface area contributed by atoms with Crippen LogP contribution in [0.4, 0.5) is 10.5 Å². The van der Waals surface area contributed by atoms with E-state index in [4.69, 9.17) is 23.2 Å². The van der Waals surface area contributed by atoms with Crippen LogP contribution < -0.4 is 10.3 Å². The Bertz CT molecular complexity index is 837. The minimum Gasteiger partial charge on any atom is -0.325 e. The Morgan fingerprint density at radius 1 is 1.17 bits per heavy atom. The molecule has 2 aliphatic rings. The Morgan fingerprint density at radius 2 is 1.93 bits per heavy atom. The number of urea groups is 1. The largest absolute Gasteiger partial charge is 0.325 e. The summed E-state index contributed by atoms with van der Waals surface area (Å²) in [5.41, 5.74) is 0.647. The third-order valence-corrected chi connectivity index (χ3v) is 5.98. The van der Waals surface area contributed by atoms with Crippen LogP contribution in [0.1, 0.15) is 46.5 Å². The molecule has 0 atom stereocenters. The van der Waals surface area contributed by atoms with Gasteiger partial charge in [0, 0.05) is 44.6 Å². The molecule has 0 spiro atoms. The molecule has 1 aromatic rings. The predicted molar refractivity (Wildman–Crippen MR) is 121 cm³/mol. The summed E-state index contributed by atoms with van der Waals surface area (Å²) in [5.74, 6) is 0.556. The zero-order chi connectivity index (χ0) is 21.9. The number of carbonyl (C=O) groups excluding carboxylic acids is 2. The lowest BCUT2D eigenvalue weighted by Crippen LogP contribution is -2.56. The lowest BCUT2D eigenvalue weighted by atomic mass is 10.0. The van der Waals surface area contributed by atoms with Crippen LogP contribution in [0.2, 0.25) is 10.0 Å². The van der Waals surface area contributed by atoms with Gasteiger partial charge in [0.25, 0.3) is 0 Å². The van der Waals surface area contributed by atoms with Crippen molar-refractivity contribution >= 4 is 46.7 Å². The van der Waals surface area contributed by atoms with Crippen LogP contribution in [0.3, 0.4) is 0 Å². The summed E-state index contributed by atoms with van der Waals surface area (Å²) in [5, 5.41) is 10.1. The molecule has 0 aliphatic carbocycles. The van der Waals surface area contributed by atoms with Crippen molar-refractivity contribution in [2.24, 2.45) is 5.10 Å². The number of amides is 3. The van der Waals surface area contributed by atoms with E-state index in [1.54, 1.807) is 17.1 Å². The van der Waals surface area contributed by atoms with Crippen molar-refractivity contribution in [3.63, 3.8) is 0 Å². The van der Waals surface area contributed by atoms with Gasteiger partial charge in [-0.3, -0.25) is 9.80 Å². The summed E-state index contributed by atoms with van der Waals surface area (Å²) in [6, 6.07) is 5.40. The number of rotatable bonds is 5. The van der Waals surface area contributed by atoms with E-state index in [0.29, 0.717) is 48.2 Å². The van der Waals surface area contributed by atoms with Gasteiger partial charge in [-0.25, -0.2) is 4.79 Å². The van der Waals surface area contributed by atoms with Gasteiger partial charge in [-0.1, -0.05) is 23.2 Å². The Kier molecular flexibility index (Phi) is 7.14. The third-order valence-electron chi connectivity index (χ3n) is 5.24. The van der Waals surface area contributed by atoms with E-state index in [9.17, 15) is 9.59 Å². The fourth-order valence-electron chi connectivity index (χ4n) is 3.64. The standard InChI is InChI=1S/C21H29Cl2N5O2/c1-21(2,3)27-12-5-11-26(20(27)30)10-4-6-19(29)24-18-9-13-28(25-18)15-7-8-16(22)17(23)14-15/h7-8,14H,4-6,9-13H2,1-3H3,(H,24,25,29). The van der Waals surface area contributed by atoms with E-state index in [1.807, 2.05) is 36.6 Å². The van der Waals surface area contributed by atoms with Gasteiger partial charge >= 0.3 is 6.03 Å². The van der Waals surface area contributed by atoms with Crippen molar-refractivity contribution in [3.05, 3.63) is 28.2 Å². The van der Waals surface area contributed by atoms with Crippen molar-refractivity contribution in [2.45, 2.75) is 52.0 Å². The smallest absolute Gasteiger partial charge is 0.320 e. The average molecular weight is 454 g/mol. The minimum absolute atomic E-state index is 0.0617. The second kappa shape index (κ2) is 9.43.